The van der Waals surface area contributed by atoms with Gasteiger partial charge in [-0.15, -0.1) is 0 Å². The molecule has 3 aromatic rings. The van der Waals surface area contributed by atoms with E-state index in [1.807, 2.05) is 37.3 Å². The number of carboxylic acid groups (broad SMARTS) is 1. The van der Waals surface area contributed by atoms with E-state index in [0.717, 1.165) is 22.1 Å². The van der Waals surface area contributed by atoms with Gasteiger partial charge in [-0.2, -0.15) is 0 Å². The van der Waals surface area contributed by atoms with Crippen LogP contribution in [0.3, 0.4) is 0 Å². The number of rotatable bonds is 5. The van der Waals surface area contributed by atoms with E-state index in [1.165, 1.54) is 6.07 Å². The van der Waals surface area contributed by atoms with E-state index in [-0.39, 0.29) is 0 Å². The summed E-state index contributed by atoms with van der Waals surface area (Å²) in [5.41, 5.74) is 3.43. The first-order valence-electron chi connectivity index (χ1n) is 8.13. The van der Waals surface area contributed by atoms with Crippen LogP contribution in [0.15, 0.2) is 57.7 Å². The average molecular weight is 337 g/mol. The summed E-state index contributed by atoms with van der Waals surface area (Å²) in [5.74, 6) is -0.919. The standard InChI is InChI=1S/C20H19NO4/c1-3-17(20(23)24)21-13-8-9-15-16(11-19(22)25-18(15)10-13)14-7-5-4-6-12(14)2/h4-11,17,21H,3H2,1-2H3,(H,23,24). The zero-order valence-corrected chi connectivity index (χ0v) is 14.1. The minimum atomic E-state index is -0.919. The molecule has 0 fully saturated rings. The Hall–Kier alpha value is -3.08. The van der Waals surface area contributed by atoms with Crippen molar-refractivity contribution in [3.63, 3.8) is 0 Å². The van der Waals surface area contributed by atoms with Crippen molar-refractivity contribution in [1.29, 1.82) is 0 Å². The summed E-state index contributed by atoms with van der Waals surface area (Å²) in [4.78, 5) is 23.2. The molecule has 1 aromatic heterocycles. The van der Waals surface area contributed by atoms with Crippen molar-refractivity contribution < 1.29 is 14.3 Å². The van der Waals surface area contributed by atoms with Gasteiger partial charge in [-0.1, -0.05) is 31.2 Å². The Kier molecular flexibility index (Phi) is 4.57. The number of aliphatic carboxylic acids is 1. The van der Waals surface area contributed by atoms with Crippen LogP contribution in [0.4, 0.5) is 5.69 Å². The summed E-state index contributed by atoms with van der Waals surface area (Å²) in [6.07, 6.45) is 0.445. The third-order valence-electron chi connectivity index (χ3n) is 4.23. The van der Waals surface area contributed by atoms with Gasteiger partial charge in [-0.05, 0) is 36.6 Å². The summed E-state index contributed by atoms with van der Waals surface area (Å²) in [5, 5.41) is 12.9. The van der Waals surface area contributed by atoms with Crippen molar-refractivity contribution in [3.05, 3.63) is 64.5 Å². The molecule has 1 atom stereocenters. The molecule has 25 heavy (non-hydrogen) atoms. The Morgan fingerprint density at radius 1 is 1.16 bits per heavy atom. The second-order valence-corrected chi connectivity index (χ2v) is 5.95. The van der Waals surface area contributed by atoms with Crippen molar-refractivity contribution >= 4 is 22.6 Å². The van der Waals surface area contributed by atoms with Crippen LogP contribution in [0.25, 0.3) is 22.1 Å². The van der Waals surface area contributed by atoms with Gasteiger partial charge in [0.05, 0.1) is 0 Å². The third-order valence-corrected chi connectivity index (χ3v) is 4.23. The van der Waals surface area contributed by atoms with Gasteiger partial charge < -0.3 is 14.8 Å². The van der Waals surface area contributed by atoms with Crippen LogP contribution in [0.1, 0.15) is 18.9 Å². The molecule has 0 aliphatic carbocycles. The molecule has 2 aromatic carbocycles. The zero-order chi connectivity index (χ0) is 18.0. The van der Waals surface area contributed by atoms with Gasteiger partial charge in [0.25, 0.3) is 0 Å². The van der Waals surface area contributed by atoms with Gasteiger partial charge in [0.2, 0.25) is 0 Å². The highest BCUT2D eigenvalue weighted by Gasteiger charge is 2.15. The van der Waals surface area contributed by atoms with Crippen LogP contribution in [0, 0.1) is 6.92 Å². The molecule has 5 nitrogen and oxygen atoms in total. The lowest BCUT2D eigenvalue weighted by Gasteiger charge is -2.14. The highest BCUT2D eigenvalue weighted by molar-refractivity contribution is 5.95. The number of nitrogens with one attached hydrogen (secondary N) is 1. The number of carboxylic acids is 1. The summed E-state index contributed by atoms with van der Waals surface area (Å²) in [7, 11) is 0. The number of fused-ring (bicyclic) bond motifs is 1. The molecule has 0 aliphatic rings. The maximum absolute atomic E-state index is 12.0. The molecule has 0 saturated carbocycles. The summed E-state index contributed by atoms with van der Waals surface area (Å²) < 4.78 is 5.34. The van der Waals surface area contributed by atoms with Gasteiger partial charge in [-0.3, -0.25) is 0 Å². The van der Waals surface area contributed by atoms with Crippen molar-refractivity contribution in [1.82, 2.24) is 0 Å². The van der Waals surface area contributed by atoms with Crippen LogP contribution in [0.5, 0.6) is 0 Å². The molecule has 5 heteroatoms. The molecule has 1 unspecified atom stereocenters. The molecule has 0 saturated heterocycles. The number of anilines is 1. The number of hydrogen-bond acceptors (Lipinski definition) is 4. The zero-order valence-electron chi connectivity index (χ0n) is 14.1. The minimum Gasteiger partial charge on any atom is -0.480 e. The summed E-state index contributed by atoms with van der Waals surface area (Å²) in [6.45, 7) is 3.79. The van der Waals surface area contributed by atoms with Crippen LogP contribution in [0.2, 0.25) is 0 Å². The highest BCUT2D eigenvalue weighted by Crippen LogP contribution is 2.31. The molecular formula is C20H19NO4. The fourth-order valence-corrected chi connectivity index (χ4v) is 2.89. The largest absolute Gasteiger partial charge is 0.480 e. The van der Waals surface area contributed by atoms with Crippen molar-refractivity contribution in [2.75, 3.05) is 5.32 Å². The second-order valence-electron chi connectivity index (χ2n) is 5.95. The molecule has 0 radical (unpaired) electrons. The van der Waals surface area contributed by atoms with E-state index < -0.39 is 17.6 Å². The molecule has 128 valence electrons. The Balaban J connectivity index is 2.12. The smallest absolute Gasteiger partial charge is 0.336 e. The van der Waals surface area contributed by atoms with E-state index >= 15 is 0 Å². The Labute approximate surface area is 144 Å². The lowest BCUT2D eigenvalue weighted by molar-refractivity contribution is -0.137. The minimum absolute atomic E-state index is 0.427. The Morgan fingerprint density at radius 2 is 1.92 bits per heavy atom. The van der Waals surface area contributed by atoms with Crippen LogP contribution in [-0.4, -0.2) is 17.1 Å². The molecule has 0 amide bonds. The molecule has 0 spiro atoms. The maximum atomic E-state index is 12.0. The van der Waals surface area contributed by atoms with Crippen LogP contribution >= 0.6 is 0 Å². The van der Waals surface area contributed by atoms with Crippen molar-refractivity contribution in [2.45, 2.75) is 26.3 Å². The van der Waals surface area contributed by atoms with E-state index in [9.17, 15) is 14.7 Å². The fraction of sp³-hybridized carbons (Fsp3) is 0.200. The number of hydrogen-bond donors (Lipinski definition) is 2. The van der Waals surface area contributed by atoms with Gasteiger partial charge in [0.1, 0.15) is 11.6 Å². The first-order chi connectivity index (χ1) is 12.0. The first kappa shape index (κ1) is 16.8. The number of benzene rings is 2. The monoisotopic (exact) mass is 337 g/mol. The second kappa shape index (κ2) is 6.81. The van der Waals surface area contributed by atoms with Crippen LogP contribution in [-0.2, 0) is 4.79 Å². The van der Waals surface area contributed by atoms with E-state index in [2.05, 4.69) is 5.32 Å². The predicted octanol–water partition coefficient (Wildman–Crippen LogP) is 4.04. The maximum Gasteiger partial charge on any atom is 0.336 e. The lowest BCUT2D eigenvalue weighted by atomic mass is 9.98. The third kappa shape index (κ3) is 3.40. The van der Waals surface area contributed by atoms with Gasteiger partial charge >= 0.3 is 11.6 Å². The van der Waals surface area contributed by atoms with Crippen LogP contribution < -0.4 is 10.9 Å². The SMILES string of the molecule is CCC(Nc1ccc2c(-c3ccccc3C)cc(=O)oc2c1)C(=O)O. The summed E-state index contributed by atoms with van der Waals surface area (Å²) >= 11 is 0. The average Bonchev–Trinajstić information content (AvgIpc) is 2.58. The molecule has 0 aliphatic heterocycles. The van der Waals surface area contributed by atoms with Gasteiger partial charge in [0.15, 0.2) is 0 Å². The lowest BCUT2D eigenvalue weighted by Crippen LogP contribution is -2.28. The van der Waals surface area contributed by atoms with E-state index in [4.69, 9.17) is 4.42 Å². The number of carbonyl (C=O) groups is 1. The topological polar surface area (TPSA) is 79.5 Å². The van der Waals surface area contributed by atoms with Gasteiger partial charge in [-0.25, -0.2) is 9.59 Å². The van der Waals surface area contributed by atoms with E-state index in [0.29, 0.717) is 17.7 Å². The predicted molar refractivity (Wildman–Crippen MR) is 98.0 cm³/mol. The molecular weight excluding hydrogens is 318 g/mol. The fourth-order valence-electron chi connectivity index (χ4n) is 2.89. The normalized spacial score (nSPS) is 12.1. The van der Waals surface area contributed by atoms with Crippen molar-refractivity contribution in [3.8, 4) is 11.1 Å². The molecule has 2 N–H and O–H groups in total. The summed E-state index contributed by atoms with van der Waals surface area (Å²) in [6, 6.07) is 13.9. The van der Waals surface area contributed by atoms with E-state index in [1.54, 1.807) is 19.1 Å². The first-order valence-corrected chi connectivity index (χ1v) is 8.13. The Bertz CT molecular complexity index is 990. The molecule has 0 bridgehead atoms. The van der Waals surface area contributed by atoms with Crippen molar-refractivity contribution in [2.24, 2.45) is 0 Å². The highest BCUT2D eigenvalue weighted by atomic mass is 16.4. The number of aryl methyl sites for hydroxylation is 1. The molecule has 3 rings (SSSR count). The van der Waals surface area contributed by atoms with Gasteiger partial charge in [0, 0.05) is 28.8 Å². The Morgan fingerprint density at radius 3 is 2.60 bits per heavy atom. The quantitative estimate of drug-likeness (QED) is 0.687. The molecule has 1 heterocycles.